The van der Waals surface area contributed by atoms with Gasteiger partial charge < -0.3 is 14.7 Å². The fraction of sp³-hybridized carbons (Fsp3) is 0.375. The standard InChI is InChI=1S/C24H27N3O3S/c28-22-15-19(17-27(22)16-18-7-2-1-3-8-18)23(29)25-11-6-12-26(14-13-25)24(30)20-9-4-5-10-21(20)31/h1-5,7-10,19,31H,6,11-17H2. The third kappa shape index (κ3) is 4.93. The second-order valence-electron chi connectivity index (χ2n) is 8.15. The second-order valence-corrected chi connectivity index (χ2v) is 8.63. The summed E-state index contributed by atoms with van der Waals surface area (Å²) in [5, 5.41) is 0. The highest BCUT2D eigenvalue weighted by molar-refractivity contribution is 7.80. The number of benzene rings is 2. The van der Waals surface area contributed by atoms with Gasteiger partial charge in [-0.05, 0) is 24.1 Å². The number of hydrogen-bond acceptors (Lipinski definition) is 4. The van der Waals surface area contributed by atoms with Crippen LogP contribution in [0.15, 0.2) is 59.5 Å². The van der Waals surface area contributed by atoms with Gasteiger partial charge in [0, 0.05) is 50.6 Å². The Morgan fingerprint density at radius 2 is 1.58 bits per heavy atom. The molecular formula is C24H27N3O3S. The smallest absolute Gasteiger partial charge is 0.255 e. The molecule has 2 heterocycles. The molecule has 2 aliphatic heterocycles. The first-order valence-electron chi connectivity index (χ1n) is 10.7. The second kappa shape index (κ2) is 9.56. The van der Waals surface area contributed by atoms with Crippen molar-refractivity contribution in [3.8, 4) is 0 Å². The lowest BCUT2D eigenvalue weighted by molar-refractivity contribution is -0.135. The summed E-state index contributed by atoms with van der Waals surface area (Å²) in [6.45, 7) is 3.18. The predicted octanol–water partition coefficient (Wildman–Crippen LogP) is 2.70. The minimum Gasteiger partial charge on any atom is -0.341 e. The number of carbonyl (C=O) groups excluding carboxylic acids is 3. The fourth-order valence-electron chi connectivity index (χ4n) is 4.32. The van der Waals surface area contributed by atoms with Crippen molar-refractivity contribution in [1.29, 1.82) is 0 Å². The molecule has 3 amide bonds. The molecule has 2 fully saturated rings. The Morgan fingerprint density at radius 1 is 0.903 bits per heavy atom. The van der Waals surface area contributed by atoms with Crippen LogP contribution in [0, 0.1) is 5.92 Å². The maximum absolute atomic E-state index is 13.1. The van der Waals surface area contributed by atoms with Crippen LogP contribution in [-0.2, 0) is 16.1 Å². The largest absolute Gasteiger partial charge is 0.341 e. The van der Waals surface area contributed by atoms with Crippen LogP contribution in [-0.4, -0.2) is 65.1 Å². The van der Waals surface area contributed by atoms with E-state index in [0.29, 0.717) is 49.7 Å². The molecule has 2 saturated heterocycles. The van der Waals surface area contributed by atoms with Gasteiger partial charge in [-0.1, -0.05) is 42.5 Å². The molecule has 7 heteroatoms. The number of amides is 3. The zero-order chi connectivity index (χ0) is 21.8. The summed E-state index contributed by atoms with van der Waals surface area (Å²) in [5.74, 6) is -0.311. The summed E-state index contributed by atoms with van der Waals surface area (Å²) in [4.78, 5) is 44.5. The van der Waals surface area contributed by atoms with Crippen LogP contribution in [0.2, 0.25) is 0 Å². The van der Waals surface area contributed by atoms with Crippen LogP contribution in [0.1, 0.15) is 28.8 Å². The maximum atomic E-state index is 13.1. The zero-order valence-corrected chi connectivity index (χ0v) is 18.3. The highest BCUT2D eigenvalue weighted by atomic mass is 32.1. The lowest BCUT2D eigenvalue weighted by atomic mass is 10.1. The van der Waals surface area contributed by atoms with Crippen LogP contribution in [0.5, 0.6) is 0 Å². The van der Waals surface area contributed by atoms with Crippen molar-refractivity contribution in [3.63, 3.8) is 0 Å². The van der Waals surface area contributed by atoms with Crippen molar-refractivity contribution in [2.45, 2.75) is 24.3 Å². The van der Waals surface area contributed by atoms with Crippen LogP contribution in [0.25, 0.3) is 0 Å². The van der Waals surface area contributed by atoms with Crippen molar-refractivity contribution >= 4 is 30.4 Å². The minimum absolute atomic E-state index is 0.0211. The number of thiol groups is 1. The van der Waals surface area contributed by atoms with Gasteiger partial charge in [-0.3, -0.25) is 14.4 Å². The Morgan fingerprint density at radius 3 is 2.35 bits per heavy atom. The highest BCUT2D eigenvalue weighted by Gasteiger charge is 2.37. The van der Waals surface area contributed by atoms with Gasteiger partial charge in [-0.15, -0.1) is 12.6 Å². The van der Waals surface area contributed by atoms with Gasteiger partial charge in [-0.2, -0.15) is 0 Å². The van der Waals surface area contributed by atoms with E-state index < -0.39 is 0 Å². The molecule has 2 aromatic carbocycles. The Labute approximate surface area is 188 Å². The average molecular weight is 438 g/mol. The monoisotopic (exact) mass is 437 g/mol. The molecule has 31 heavy (non-hydrogen) atoms. The first-order valence-corrected chi connectivity index (χ1v) is 11.2. The lowest BCUT2D eigenvalue weighted by Crippen LogP contribution is -2.40. The summed E-state index contributed by atoms with van der Waals surface area (Å²) >= 11 is 4.40. The molecule has 1 unspecified atom stereocenters. The molecule has 0 aromatic heterocycles. The van der Waals surface area contributed by atoms with E-state index in [1.54, 1.807) is 15.9 Å². The van der Waals surface area contributed by atoms with Crippen molar-refractivity contribution in [1.82, 2.24) is 14.7 Å². The summed E-state index contributed by atoms with van der Waals surface area (Å²) in [6, 6.07) is 17.1. The Balaban J connectivity index is 1.35. The zero-order valence-electron chi connectivity index (χ0n) is 17.4. The normalized spacial score (nSPS) is 19.5. The molecule has 4 rings (SSSR count). The number of likely N-dealkylation sites (tertiary alicyclic amines) is 1. The molecule has 2 aromatic rings. The van der Waals surface area contributed by atoms with E-state index in [1.165, 1.54) is 0 Å². The number of carbonyl (C=O) groups is 3. The summed E-state index contributed by atoms with van der Waals surface area (Å²) in [7, 11) is 0. The van der Waals surface area contributed by atoms with Crippen molar-refractivity contribution in [3.05, 3.63) is 65.7 Å². The maximum Gasteiger partial charge on any atom is 0.255 e. The molecule has 6 nitrogen and oxygen atoms in total. The van der Waals surface area contributed by atoms with Crippen LogP contribution >= 0.6 is 12.6 Å². The van der Waals surface area contributed by atoms with E-state index in [9.17, 15) is 14.4 Å². The number of hydrogen-bond donors (Lipinski definition) is 1. The minimum atomic E-state index is -0.309. The molecule has 2 aliphatic rings. The topological polar surface area (TPSA) is 60.9 Å². The number of rotatable bonds is 4. The van der Waals surface area contributed by atoms with E-state index in [2.05, 4.69) is 12.6 Å². The van der Waals surface area contributed by atoms with Gasteiger partial charge in [0.15, 0.2) is 0 Å². The van der Waals surface area contributed by atoms with Crippen molar-refractivity contribution in [2.24, 2.45) is 5.92 Å². The van der Waals surface area contributed by atoms with E-state index in [1.807, 2.05) is 53.4 Å². The van der Waals surface area contributed by atoms with Gasteiger partial charge in [0.05, 0.1) is 11.5 Å². The molecule has 0 aliphatic carbocycles. The molecule has 0 N–H and O–H groups in total. The van der Waals surface area contributed by atoms with Gasteiger partial charge >= 0.3 is 0 Å². The van der Waals surface area contributed by atoms with Crippen LogP contribution < -0.4 is 0 Å². The lowest BCUT2D eigenvalue weighted by Gasteiger charge is -2.25. The van der Waals surface area contributed by atoms with E-state index in [-0.39, 0.29) is 30.1 Å². The highest BCUT2D eigenvalue weighted by Crippen LogP contribution is 2.23. The summed E-state index contributed by atoms with van der Waals surface area (Å²) in [5.41, 5.74) is 1.65. The van der Waals surface area contributed by atoms with E-state index in [0.717, 1.165) is 12.0 Å². The SMILES string of the molecule is O=C1CC(C(=O)N2CCCN(C(=O)c3ccccc3S)CC2)CN1Cc1ccccc1. The Bertz CT molecular complexity index is 966. The molecule has 0 bridgehead atoms. The summed E-state index contributed by atoms with van der Waals surface area (Å²) in [6.07, 6.45) is 0.985. The van der Waals surface area contributed by atoms with Gasteiger partial charge in [-0.25, -0.2) is 0 Å². The van der Waals surface area contributed by atoms with Crippen LogP contribution in [0.3, 0.4) is 0 Å². The van der Waals surface area contributed by atoms with Gasteiger partial charge in [0.25, 0.3) is 5.91 Å². The third-order valence-electron chi connectivity index (χ3n) is 6.01. The van der Waals surface area contributed by atoms with Gasteiger partial charge in [0.2, 0.25) is 11.8 Å². The average Bonchev–Trinajstić information content (AvgIpc) is 2.99. The van der Waals surface area contributed by atoms with E-state index >= 15 is 0 Å². The summed E-state index contributed by atoms with van der Waals surface area (Å²) < 4.78 is 0. The third-order valence-corrected chi connectivity index (χ3v) is 6.40. The molecule has 0 saturated carbocycles. The van der Waals surface area contributed by atoms with Gasteiger partial charge in [0.1, 0.15) is 0 Å². The Kier molecular flexibility index (Phi) is 6.61. The van der Waals surface area contributed by atoms with Crippen molar-refractivity contribution in [2.75, 3.05) is 32.7 Å². The molecular weight excluding hydrogens is 410 g/mol. The first kappa shape index (κ1) is 21.4. The quantitative estimate of drug-likeness (QED) is 0.749. The molecule has 162 valence electrons. The van der Waals surface area contributed by atoms with Crippen LogP contribution in [0.4, 0.5) is 0 Å². The number of nitrogens with zero attached hydrogens (tertiary/aromatic N) is 3. The van der Waals surface area contributed by atoms with E-state index in [4.69, 9.17) is 0 Å². The molecule has 0 spiro atoms. The van der Waals surface area contributed by atoms with Crippen molar-refractivity contribution < 1.29 is 14.4 Å². The molecule has 0 radical (unpaired) electrons. The fourth-order valence-corrected chi connectivity index (χ4v) is 4.57. The molecule has 1 atom stereocenters. The Hall–Kier alpha value is -2.80. The first-order chi connectivity index (χ1) is 15.0. The predicted molar refractivity (Wildman–Crippen MR) is 121 cm³/mol.